The Morgan fingerprint density at radius 1 is 1.13 bits per heavy atom. The first-order chi connectivity index (χ1) is 14.4. The van der Waals surface area contributed by atoms with Crippen molar-refractivity contribution in [3.05, 3.63) is 65.0 Å². The third kappa shape index (κ3) is 4.38. The fourth-order valence-corrected chi connectivity index (χ4v) is 4.87. The fourth-order valence-electron chi connectivity index (χ4n) is 3.18. The van der Waals surface area contributed by atoms with E-state index in [0.29, 0.717) is 23.9 Å². The monoisotopic (exact) mass is 446 g/mol. The molecule has 2 aromatic carbocycles. The van der Waals surface area contributed by atoms with Crippen molar-refractivity contribution in [2.45, 2.75) is 24.3 Å². The SMILES string of the molecule is O=C(NCc1nc(-c2ccc(Cl)cc2)no1)c1cccc(S(=O)(=O)N2CCCC2)c1. The summed E-state index contributed by atoms with van der Waals surface area (Å²) < 4.78 is 32.0. The Balaban J connectivity index is 1.43. The van der Waals surface area contributed by atoms with Gasteiger partial charge in [0.2, 0.25) is 21.7 Å². The maximum absolute atomic E-state index is 12.7. The molecule has 2 heterocycles. The highest BCUT2D eigenvalue weighted by Crippen LogP contribution is 2.22. The van der Waals surface area contributed by atoms with Gasteiger partial charge >= 0.3 is 0 Å². The first kappa shape index (κ1) is 20.5. The third-order valence-electron chi connectivity index (χ3n) is 4.77. The van der Waals surface area contributed by atoms with Gasteiger partial charge in [-0.2, -0.15) is 9.29 Å². The average Bonchev–Trinajstić information content (AvgIpc) is 3.45. The summed E-state index contributed by atoms with van der Waals surface area (Å²) in [6.45, 7) is 1.03. The first-order valence-corrected chi connectivity index (χ1v) is 11.2. The molecule has 8 nitrogen and oxygen atoms in total. The molecule has 1 N–H and O–H groups in total. The Kier molecular flexibility index (Phi) is 5.85. The maximum atomic E-state index is 12.7. The molecular weight excluding hydrogens is 428 g/mol. The molecule has 0 unspecified atom stereocenters. The van der Waals surface area contributed by atoms with Crippen LogP contribution in [0, 0.1) is 0 Å². The smallest absolute Gasteiger partial charge is 0.251 e. The van der Waals surface area contributed by atoms with E-state index in [0.717, 1.165) is 18.4 Å². The van der Waals surface area contributed by atoms with Crippen LogP contribution in [0.15, 0.2) is 57.9 Å². The van der Waals surface area contributed by atoms with Crippen LogP contribution >= 0.6 is 11.6 Å². The van der Waals surface area contributed by atoms with E-state index in [-0.39, 0.29) is 22.9 Å². The number of carbonyl (C=O) groups is 1. The van der Waals surface area contributed by atoms with Crippen molar-refractivity contribution in [2.24, 2.45) is 0 Å². The molecule has 0 bridgehead atoms. The predicted octanol–water partition coefficient (Wildman–Crippen LogP) is 3.10. The largest absolute Gasteiger partial charge is 0.343 e. The van der Waals surface area contributed by atoms with Crippen molar-refractivity contribution in [1.29, 1.82) is 0 Å². The number of amides is 1. The maximum Gasteiger partial charge on any atom is 0.251 e. The van der Waals surface area contributed by atoms with Crippen LogP contribution in [0.5, 0.6) is 0 Å². The fraction of sp³-hybridized carbons (Fsp3) is 0.250. The molecule has 30 heavy (non-hydrogen) atoms. The Bertz CT molecular complexity index is 1160. The second kappa shape index (κ2) is 8.55. The lowest BCUT2D eigenvalue weighted by Gasteiger charge is -2.15. The third-order valence-corrected chi connectivity index (χ3v) is 6.92. The molecule has 1 aliphatic heterocycles. The minimum atomic E-state index is -3.59. The van der Waals surface area contributed by atoms with Gasteiger partial charge in [0.05, 0.1) is 11.4 Å². The van der Waals surface area contributed by atoms with Crippen LogP contribution in [0.3, 0.4) is 0 Å². The van der Waals surface area contributed by atoms with Gasteiger partial charge in [-0.05, 0) is 55.3 Å². The summed E-state index contributed by atoms with van der Waals surface area (Å²) in [6.07, 6.45) is 1.70. The lowest BCUT2D eigenvalue weighted by atomic mass is 10.2. The van der Waals surface area contributed by atoms with Gasteiger partial charge in [0.25, 0.3) is 5.91 Å². The average molecular weight is 447 g/mol. The van der Waals surface area contributed by atoms with Crippen molar-refractivity contribution >= 4 is 27.5 Å². The van der Waals surface area contributed by atoms with Crippen molar-refractivity contribution in [2.75, 3.05) is 13.1 Å². The van der Waals surface area contributed by atoms with Gasteiger partial charge in [-0.15, -0.1) is 0 Å². The molecule has 1 amide bonds. The van der Waals surface area contributed by atoms with Gasteiger partial charge in [0.1, 0.15) is 0 Å². The summed E-state index contributed by atoms with van der Waals surface area (Å²) in [5, 5.41) is 7.17. The zero-order valence-corrected chi connectivity index (χ0v) is 17.5. The van der Waals surface area contributed by atoms with E-state index in [1.807, 2.05) is 0 Å². The molecule has 10 heteroatoms. The van der Waals surface area contributed by atoms with Crippen LogP contribution in [-0.2, 0) is 16.6 Å². The molecule has 0 saturated carbocycles. The van der Waals surface area contributed by atoms with Crippen LogP contribution in [0.1, 0.15) is 29.1 Å². The minimum Gasteiger partial charge on any atom is -0.343 e. The van der Waals surface area contributed by atoms with E-state index < -0.39 is 15.9 Å². The number of nitrogens with one attached hydrogen (secondary N) is 1. The molecule has 4 rings (SSSR count). The quantitative estimate of drug-likeness (QED) is 0.623. The van der Waals surface area contributed by atoms with Crippen molar-refractivity contribution in [1.82, 2.24) is 19.8 Å². The van der Waals surface area contributed by atoms with Gasteiger partial charge in [-0.3, -0.25) is 4.79 Å². The summed E-state index contributed by atoms with van der Waals surface area (Å²) in [4.78, 5) is 16.9. The van der Waals surface area contributed by atoms with Crippen molar-refractivity contribution < 1.29 is 17.7 Å². The number of halogens is 1. The zero-order chi connectivity index (χ0) is 21.1. The van der Waals surface area contributed by atoms with Gasteiger partial charge in [-0.1, -0.05) is 22.8 Å². The molecule has 1 aromatic heterocycles. The molecule has 1 saturated heterocycles. The highest BCUT2D eigenvalue weighted by atomic mass is 35.5. The number of sulfonamides is 1. The van der Waals surface area contributed by atoms with Crippen LogP contribution < -0.4 is 5.32 Å². The highest BCUT2D eigenvalue weighted by molar-refractivity contribution is 7.89. The second-order valence-corrected chi connectivity index (χ2v) is 9.21. The summed E-state index contributed by atoms with van der Waals surface area (Å²) in [5.41, 5.74) is 0.980. The molecule has 0 atom stereocenters. The van der Waals surface area contributed by atoms with Gasteiger partial charge in [0.15, 0.2) is 0 Å². The van der Waals surface area contributed by atoms with Crippen LogP contribution in [0.25, 0.3) is 11.4 Å². The molecule has 0 spiro atoms. The topological polar surface area (TPSA) is 105 Å². The first-order valence-electron chi connectivity index (χ1n) is 9.40. The van der Waals surface area contributed by atoms with E-state index in [1.165, 1.54) is 16.4 Å². The van der Waals surface area contributed by atoms with Crippen molar-refractivity contribution in [3.8, 4) is 11.4 Å². The number of hydrogen-bond donors (Lipinski definition) is 1. The lowest BCUT2D eigenvalue weighted by Crippen LogP contribution is -2.28. The molecule has 0 aliphatic carbocycles. The normalized spacial score (nSPS) is 14.7. The van der Waals surface area contributed by atoms with E-state index >= 15 is 0 Å². The molecule has 156 valence electrons. The number of rotatable bonds is 6. The van der Waals surface area contributed by atoms with Gasteiger partial charge < -0.3 is 9.84 Å². The number of benzene rings is 2. The summed E-state index contributed by atoms with van der Waals surface area (Å²) >= 11 is 5.87. The standard InChI is InChI=1S/C20H19ClN4O4S/c21-16-8-6-14(7-9-16)19-23-18(29-24-19)13-22-20(26)15-4-3-5-17(12-15)30(27,28)25-10-1-2-11-25/h3-9,12H,1-2,10-11,13H2,(H,22,26). The number of hydrogen-bond acceptors (Lipinski definition) is 6. The molecule has 3 aromatic rings. The Morgan fingerprint density at radius 2 is 1.87 bits per heavy atom. The lowest BCUT2D eigenvalue weighted by molar-refractivity contribution is 0.0946. The number of nitrogens with zero attached hydrogens (tertiary/aromatic N) is 3. The molecule has 0 radical (unpaired) electrons. The highest BCUT2D eigenvalue weighted by Gasteiger charge is 2.27. The molecule has 1 fully saturated rings. The summed E-state index contributed by atoms with van der Waals surface area (Å²) in [6, 6.07) is 13.0. The van der Waals surface area contributed by atoms with E-state index in [9.17, 15) is 13.2 Å². The second-order valence-electron chi connectivity index (χ2n) is 6.84. The van der Waals surface area contributed by atoms with Gasteiger partial charge in [-0.25, -0.2) is 8.42 Å². The molecular formula is C20H19ClN4O4S. The molecule has 1 aliphatic rings. The van der Waals surface area contributed by atoms with Crippen molar-refractivity contribution in [3.63, 3.8) is 0 Å². The zero-order valence-electron chi connectivity index (χ0n) is 15.9. The summed E-state index contributed by atoms with van der Waals surface area (Å²) in [5.74, 6) is 0.184. The van der Waals surface area contributed by atoms with Crippen LogP contribution in [0.2, 0.25) is 5.02 Å². The Hall–Kier alpha value is -2.75. The van der Waals surface area contributed by atoms with E-state index in [4.69, 9.17) is 16.1 Å². The van der Waals surface area contributed by atoms with E-state index in [1.54, 1.807) is 36.4 Å². The minimum absolute atomic E-state index is 0.0164. The number of aromatic nitrogens is 2. The Labute approximate surface area is 178 Å². The van der Waals surface area contributed by atoms with Gasteiger partial charge in [0, 0.05) is 29.2 Å². The van der Waals surface area contributed by atoms with Crippen LogP contribution in [-0.4, -0.2) is 41.9 Å². The Morgan fingerprint density at radius 3 is 2.60 bits per heavy atom. The van der Waals surface area contributed by atoms with E-state index in [2.05, 4.69) is 15.5 Å². The summed E-state index contributed by atoms with van der Waals surface area (Å²) in [7, 11) is -3.59. The van der Waals surface area contributed by atoms with Crippen LogP contribution in [0.4, 0.5) is 0 Å². The predicted molar refractivity (Wildman–Crippen MR) is 110 cm³/mol. The number of carbonyl (C=O) groups excluding carboxylic acids is 1.